The van der Waals surface area contributed by atoms with Crippen molar-refractivity contribution in [3.05, 3.63) is 12.4 Å². The Balaban J connectivity index is 2.05. The maximum atomic E-state index is 4.49. The minimum absolute atomic E-state index is 0.208. The lowest BCUT2D eigenvalue weighted by Gasteiger charge is -2.25. The first kappa shape index (κ1) is 11.2. The maximum absolute atomic E-state index is 4.49. The third-order valence-corrected chi connectivity index (χ3v) is 3.13. The van der Waals surface area contributed by atoms with Gasteiger partial charge in [-0.1, -0.05) is 12.8 Å². The average molecular weight is 220 g/mol. The molecule has 16 heavy (non-hydrogen) atoms. The molecule has 0 aromatic carbocycles. The molecule has 0 aliphatic heterocycles. The number of hydrogen-bond acceptors (Lipinski definition) is 4. The molecule has 0 bridgehead atoms. The van der Waals surface area contributed by atoms with Gasteiger partial charge < -0.3 is 10.6 Å². The Bertz CT molecular complexity index is 345. The van der Waals surface area contributed by atoms with Crippen LogP contribution in [0.2, 0.25) is 0 Å². The summed E-state index contributed by atoms with van der Waals surface area (Å²) in [5.41, 5.74) is 0.208. The van der Waals surface area contributed by atoms with Crippen molar-refractivity contribution in [2.24, 2.45) is 0 Å². The fourth-order valence-corrected chi connectivity index (χ4v) is 2.28. The van der Waals surface area contributed by atoms with Gasteiger partial charge in [-0.15, -0.1) is 0 Å². The van der Waals surface area contributed by atoms with Crippen molar-refractivity contribution < 1.29 is 0 Å². The van der Waals surface area contributed by atoms with Crippen LogP contribution in [0.4, 0.5) is 11.6 Å². The molecule has 0 amide bonds. The second-order valence-corrected chi connectivity index (χ2v) is 4.71. The van der Waals surface area contributed by atoms with Crippen molar-refractivity contribution in [3.8, 4) is 0 Å². The molecule has 4 heteroatoms. The second-order valence-electron chi connectivity index (χ2n) is 4.71. The highest BCUT2D eigenvalue weighted by atomic mass is 15.1. The van der Waals surface area contributed by atoms with Gasteiger partial charge in [-0.3, -0.25) is 4.98 Å². The Morgan fingerprint density at radius 1 is 1.25 bits per heavy atom. The standard InChI is InChI=1S/C12H20N4/c1-3-14-10-8-13-9-11(15-10)16-12(2)6-4-5-7-12/h8-9H,3-7H2,1-2H3,(H2,14,15,16). The summed E-state index contributed by atoms with van der Waals surface area (Å²) < 4.78 is 0. The van der Waals surface area contributed by atoms with E-state index in [1.54, 1.807) is 12.4 Å². The molecule has 88 valence electrons. The topological polar surface area (TPSA) is 49.8 Å². The third-order valence-electron chi connectivity index (χ3n) is 3.13. The molecule has 1 aliphatic rings. The molecule has 1 aromatic heterocycles. The first-order valence-electron chi connectivity index (χ1n) is 6.06. The van der Waals surface area contributed by atoms with Crippen molar-refractivity contribution in [1.29, 1.82) is 0 Å². The van der Waals surface area contributed by atoms with Gasteiger partial charge in [0.15, 0.2) is 0 Å². The van der Waals surface area contributed by atoms with Crippen LogP contribution in [0.25, 0.3) is 0 Å². The van der Waals surface area contributed by atoms with Crippen LogP contribution in [0.15, 0.2) is 12.4 Å². The Morgan fingerprint density at radius 2 is 1.94 bits per heavy atom. The van der Waals surface area contributed by atoms with Gasteiger partial charge in [-0.2, -0.15) is 0 Å². The highest BCUT2D eigenvalue weighted by Gasteiger charge is 2.28. The van der Waals surface area contributed by atoms with Gasteiger partial charge in [0.25, 0.3) is 0 Å². The number of aromatic nitrogens is 2. The molecular formula is C12H20N4. The van der Waals surface area contributed by atoms with Crippen LogP contribution in [0, 0.1) is 0 Å². The van der Waals surface area contributed by atoms with E-state index in [1.165, 1.54) is 25.7 Å². The zero-order chi connectivity index (χ0) is 11.4. The molecule has 1 aliphatic carbocycles. The van der Waals surface area contributed by atoms with Crippen molar-refractivity contribution in [2.75, 3.05) is 17.2 Å². The molecule has 2 rings (SSSR count). The van der Waals surface area contributed by atoms with Gasteiger partial charge in [0.05, 0.1) is 12.4 Å². The summed E-state index contributed by atoms with van der Waals surface area (Å²) >= 11 is 0. The Hall–Kier alpha value is -1.32. The van der Waals surface area contributed by atoms with Gasteiger partial charge >= 0.3 is 0 Å². The molecule has 1 saturated carbocycles. The average Bonchev–Trinajstić information content (AvgIpc) is 2.66. The number of hydrogen-bond donors (Lipinski definition) is 2. The Morgan fingerprint density at radius 3 is 2.62 bits per heavy atom. The summed E-state index contributed by atoms with van der Waals surface area (Å²) in [5.74, 6) is 1.72. The van der Waals surface area contributed by atoms with E-state index in [9.17, 15) is 0 Å². The molecule has 0 atom stereocenters. The van der Waals surface area contributed by atoms with E-state index in [4.69, 9.17) is 0 Å². The van der Waals surface area contributed by atoms with Gasteiger partial charge in [-0.05, 0) is 26.7 Å². The van der Waals surface area contributed by atoms with E-state index in [0.717, 1.165) is 18.2 Å². The molecule has 2 N–H and O–H groups in total. The summed E-state index contributed by atoms with van der Waals surface area (Å²) in [5, 5.41) is 6.67. The summed E-state index contributed by atoms with van der Waals surface area (Å²) in [7, 11) is 0. The second kappa shape index (κ2) is 4.68. The van der Waals surface area contributed by atoms with Crippen LogP contribution in [0.3, 0.4) is 0 Å². The number of rotatable bonds is 4. The first-order valence-corrected chi connectivity index (χ1v) is 6.06. The number of nitrogens with one attached hydrogen (secondary N) is 2. The quantitative estimate of drug-likeness (QED) is 0.819. The monoisotopic (exact) mass is 220 g/mol. The fraction of sp³-hybridized carbons (Fsp3) is 0.667. The highest BCUT2D eigenvalue weighted by molar-refractivity contribution is 5.43. The Labute approximate surface area is 96.9 Å². The summed E-state index contributed by atoms with van der Waals surface area (Å²) in [6.45, 7) is 5.19. The molecular weight excluding hydrogens is 200 g/mol. The zero-order valence-corrected chi connectivity index (χ0v) is 10.1. The lowest BCUT2D eigenvalue weighted by atomic mass is 10.0. The van der Waals surface area contributed by atoms with Crippen LogP contribution < -0.4 is 10.6 Å². The minimum Gasteiger partial charge on any atom is -0.369 e. The largest absolute Gasteiger partial charge is 0.369 e. The first-order chi connectivity index (χ1) is 7.72. The molecule has 4 nitrogen and oxygen atoms in total. The molecule has 1 fully saturated rings. The maximum Gasteiger partial charge on any atom is 0.147 e. The smallest absolute Gasteiger partial charge is 0.147 e. The van der Waals surface area contributed by atoms with E-state index in [0.29, 0.717) is 0 Å². The number of anilines is 2. The van der Waals surface area contributed by atoms with Gasteiger partial charge in [0.2, 0.25) is 0 Å². The van der Waals surface area contributed by atoms with Crippen LogP contribution in [0.1, 0.15) is 39.5 Å². The summed E-state index contributed by atoms with van der Waals surface area (Å²) in [6, 6.07) is 0. The van der Waals surface area contributed by atoms with Crippen LogP contribution in [-0.4, -0.2) is 22.1 Å². The van der Waals surface area contributed by atoms with Crippen molar-refractivity contribution in [1.82, 2.24) is 9.97 Å². The van der Waals surface area contributed by atoms with Crippen molar-refractivity contribution in [3.63, 3.8) is 0 Å². The third kappa shape index (κ3) is 2.62. The molecule has 0 saturated heterocycles. The Kier molecular flexibility index (Phi) is 3.27. The molecule has 1 heterocycles. The SMILES string of the molecule is CCNc1cncc(NC2(C)CCCC2)n1. The molecule has 0 radical (unpaired) electrons. The van der Waals surface area contributed by atoms with Gasteiger partial charge in [0, 0.05) is 12.1 Å². The normalized spacial score (nSPS) is 18.4. The van der Waals surface area contributed by atoms with E-state index in [-0.39, 0.29) is 5.54 Å². The van der Waals surface area contributed by atoms with Gasteiger partial charge in [-0.25, -0.2) is 4.98 Å². The predicted octanol–water partition coefficient (Wildman–Crippen LogP) is 2.65. The van der Waals surface area contributed by atoms with E-state index in [2.05, 4.69) is 34.4 Å². The van der Waals surface area contributed by atoms with Crippen molar-refractivity contribution in [2.45, 2.75) is 45.1 Å². The molecule has 1 aromatic rings. The predicted molar refractivity (Wildman–Crippen MR) is 66.7 cm³/mol. The van der Waals surface area contributed by atoms with Crippen LogP contribution in [-0.2, 0) is 0 Å². The van der Waals surface area contributed by atoms with E-state index in [1.807, 2.05) is 0 Å². The highest BCUT2D eigenvalue weighted by Crippen LogP contribution is 2.31. The minimum atomic E-state index is 0.208. The number of nitrogens with zero attached hydrogens (tertiary/aromatic N) is 2. The molecule has 0 spiro atoms. The van der Waals surface area contributed by atoms with E-state index < -0.39 is 0 Å². The van der Waals surface area contributed by atoms with Crippen molar-refractivity contribution >= 4 is 11.6 Å². The van der Waals surface area contributed by atoms with Crippen LogP contribution >= 0.6 is 0 Å². The molecule has 0 unspecified atom stereocenters. The summed E-state index contributed by atoms with van der Waals surface area (Å²) in [6.07, 6.45) is 8.62. The summed E-state index contributed by atoms with van der Waals surface area (Å²) in [4.78, 5) is 8.68. The fourth-order valence-electron chi connectivity index (χ4n) is 2.28. The lowest BCUT2D eigenvalue weighted by molar-refractivity contribution is 0.531. The lowest BCUT2D eigenvalue weighted by Crippen LogP contribution is -2.31. The van der Waals surface area contributed by atoms with Crippen LogP contribution in [0.5, 0.6) is 0 Å². The van der Waals surface area contributed by atoms with Gasteiger partial charge in [0.1, 0.15) is 11.6 Å². The zero-order valence-electron chi connectivity index (χ0n) is 10.1. The van der Waals surface area contributed by atoms with E-state index >= 15 is 0 Å².